The van der Waals surface area contributed by atoms with Gasteiger partial charge in [-0.05, 0) is 23.8 Å². The maximum atomic E-state index is 5.24. The SMILES string of the molecule is COc1ccc(-c2c[c]ccc2)c(OC)n1. The van der Waals surface area contributed by atoms with E-state index < -0.39 is 0 Å². The number of nitrogens with zero attached hydrogens (tertiary/aromatic N) is 1. The minimum Gasteiger partial charge on any atom is -0.481 e. The number of pyridine rings is 1. The van der Waals surface area contributed by atoms with E-state index in [1.54, 1.807) is 14.2 Å². The molecule has 2 aromatic rings. The normalized spacial score (nSPS) is 9.88. The summed E-state index contributed by atoms with van der Waals surface area (Å²) in [7, 11) is 3.18. The Morgan fingerprint density at radius 2 is 2.00 bits per heavy atom. The number of rotatable bonds is 3. The van der Waals surface area contributed by atoms with Gasteiger partial charge in [0, 0.05) is 11.6 Å². The fourth-order valence-electron chi connectivity index (χ4n) is 1.47. The van der Waals surface area contributed by atoms with Crippen LogP contribution in [0, 0.1) is 6.07 Å². The maximum absolute atomic E-state index is 5.24. The summed E-state index contributed by atoms with van der Waals surface area (Å²) in [5.74, 6) is 1.10. The van der Waals surface area contributed by atoms with Crippen molar-refractivity contribution in [3.05, 3.63) is 42.5 Å². The highest BCUT2D eigenvalue weighted by Gasteiger charge is 2.08. The van der Waals surface area contributed by atoms with E-state index in [4.69, 9.17) is 9.47 Å². The summed E-state index contributed by atoms with van der Waals surface area (Å²) in [5, 5.41) is 0. The van der Waals surface area contributed by atoms with Gasteiger partial charge in [0.1, 0.15) is 0 Å². The summed E-state index contributed by atoms with van der Waals surface area (Å²) >= 11 is 0. The minimum absolute atomic E-state index is 0.542. The Bertz CT molecular complexity index is 469. The largest absolute Gasteiger partial charge is 0.481 e. The summed E-state index contributed by atoms with van der Waals surface area (Å²) in [5.41, 5.74) is 1.95. The van der Waals surface area contributed by atoms with Gasteiger partial charge < -0.3 is 9.47 Å². The van der Waals surface area contributed by atoms with Gasteiger partial charge in [0.15, 0.2) is 0 Å². The van der Waals surface area contributed by atoms with Crippen LogP contribution >= 0.6 is 0 Å². The van der Waals surface area contributed by atoms with Crippen LogP contribution in [0.15, 0.2) is 36.4 Å². The third kappa shape index (κ3) is 1.98. The first-order valence-corrected chi connectivity index (χ1v) is 4.90. The highest BCUT2D eigenvalue weighted by Crippen LogP contribution is 2.29. The molecule has 0 saturated heterocycles. The molecule has 1 aromatic heterocycles. The van der Waals surface area contributed by atoms with Crippen LogP contribution < -0.4 is 9.47 Å². The van der Waals surface area contributed by atoms with Crippen LogP contribution in [0.2, 0.25) is 0 Å². The van der Waals surface area contributed by atoms with Crippen molar-refractivity contribution in [3.8, 4) is 22.9 Å². The highest BCUT2D eigenvalue weighted by atomic mass is 16.5. The second-order valence-corrected chi connectivity index (χ2v) is 3.20. The fourth-order valence-corrected chi connectivity index (χ4v) is 1.47. The molecule has 0 atom stereocenters. The highest BCUT2D eigenvalue weighted by molar-refractivity contribution is 5.68. The molecule has 0 saturated carbocycles. The van der Waals surface area contributed by atoms with Gasteiger partial charge in [-0.1, -0.05) is 18.2 Å². The Morgan fingerprint density at radius 1 is 1.12 bits per heavy atom. The van der Waals surface area contributed by atoms with Crippen LogP contribution in [0.4, 0.5) is 0 Å². The number of methoxy groups -OCH3 is 2. The molecule has 0 N–H and O–H groups in total. The van der Waals surface area contributed by atoms with E-state index in [0.717, 1.165) is 11.1 Å². The predicted octanol–water partition coefficient (Wildman–Crippen LogP) is 2.57. The van der Waals surface area contributed by atoms with Crippen molar-refractivity contribution >= 4 is 0 Å². The van der Waals surface area contributed by atoms with Crippen LogP contribution in [0.1, 0.15) is 0 Å². The standard InChI is InChI=1S/C13H12NO2/c1-15-12-9-8-11(13(14-12)16-2)10-6-4-3-5-7-10/h3-4,6-9H,1-2H3. The van der Waals surface area contributed by atoms with Crippen LogP contribution in [0.3, 0.4) is 0 Å². The lowest BCUT2D eigenvalue weighted by molar-refractivity contribution is 0.366. The van der Waals surface area contributed by atoms with E-state index in [1.165, 1.54) is 0 Å². The second-order valence-electron chi connectivity index (χ2n) is 3.20. The third-order valence-corrected chi connectivity index (χ3v) is 2.26. The van der Waals surface area contributed by atoms with Crippen molar-refractivity contribution in [2.75, 3.05) is 14.2 Å². The second kappa shape index (κ2) is 4.66. The smallest absolute Gasteiger partial charge is 0.224 e. The van der Waals surface area contributed by atoms with E-state index in [0.29, 0.717) is 11.8 Å². The monoisotopic (exact) mass is 214 g/mol. The fraction of sp³-hybridized carbons (Fsp3) is 0.154. The molecule has 0 aliphatic carbocycles. The molecule has 1 heterocycles. The Labute approximate surface area is 94.7 Å². The quantitative estimate of drug-likeness (QED) is 0.786. The van der Waals surface area contributed by atoms with Gasteiger partial charge in [0.05, 0.1) is 14.2 Å². The van der Waals surface area contributed by atoms with Gasteiger partial charge in [-0.3, -0.25) is 0 Å². The number of hydrogen-bond donors (Lipinski definition) is 0. The summed E-state index contributed by atoms with van der Waals surface area (Å²) in [6, 6.07) is 14.4. The third-order valence-electron chi connectivity index (χ3n) is 2.26. The topological polar surface area (TPSA) is 31.4 Å². The lowest BCUT2D eigenvalue weighted by atomic mass is 10.1. The van der Waals surface area contributed by atoms with Gasteiger partial charge >= 0.3 is 0 Å². The minimum atomic E-state index is 0.542. The lowest BCUT2D eigenvalue weighted by Crippen LogP contribution is -1.94. The summed E-state index contributed by atoms with van der Waals surface area (Å²) in [4.78, 5) is 4.23. The molecule has 1 aromatic carbocycles. The van der Waals surface area contributed by atoms with Crippen molar-refractivity contribution in [3.63, 3.8) is 0 Å². The zero-order chi connectivity index (χ0) is 11.4. The molecule has 2 rings (SSSR count). The molecular weight excluding hydrogens is 202 g/mol. The zero-order valence-corrected chi connectivity index (χ0v) is 9.23. The van der Waals surface area contributed by atoms with E-state index in [1.807, 2.05) is 36.4 Å². The predicted molar refractivity (Wildman–Crippen MR) is 61.6 cm³/mol. The van der Waals surface area contributed by atoms with Crippen LogP contribution in [0.25, 0.3) is 11.1 Å². The zero-order valence-electron chi connectivity index (χ0n) is 9.23. The van der Waals surface area contributed by atoms with Gasteiger partial charge in [-0.15, -0.1) is 0 Å². The van der Waals surface area contributed by atoms with Crippen molar-refractivity contribution in [1.29, 1.82) is 0 Å². The number of hydrogen-bond acceptors (Lipinski definition) is 3. The molecule has 16 heavy (non-hydrogen) atoms. The first-order chi connectivity index (χ1) is 7.85. The van der Waals surface area contributed by atoms with E-state index in [9.17, 15) is 0 Å². The van der Waals surface area contributed by atoms with Crippen molar-refractivity contribution in [2.45, 2.75) is 0 Å². The van der Waals surface area contributed by atoms with E-state index >= 15 is 0 Å². The van der Waals surface area contributed by atoms with Crippen molar-refractivity contribution in [2.24, 2.45) is 0 Å². The van der Waals surface area contributed by atoms with Crippen molar-refractivity contribution < 1.29 is 9.47 Å². The number of aromatic nitrogens is 1. The van der Waals surface area contributed by atoms with Crippen LogP contribution in [-0.4, -0.2) is 19.2 Å². The molecule has 0 aliphatic rings. The maximum Gasteiger partial charge on any atom is 0.224 e. The Balaban J connectivity index is 2.49. The summed E-state index contributed by atoms with van der Waals surface area (Å²) < 4.78 is 10.3. The van der Waals surface area contributed by atoms with E-state index in [-0.39, 0.29) is 0 Å². The first kappa shape index (κ1) is 10.5. The molecule has 0 bridgehead atoms. The Morgan fingerprint density at radius 3 is 2.62 bits per heavy atom. The molecule has 0 unspecified atom stereocenters. The van der Waals surface area contributed by atoms with Gasteiger partial charge in [-0.25, -0.2) is 0 Å². The molecule has 1 radical (unpaired) electrons. The summed E-state index contributed by atoms with van der Waals surface area (Å²) in [6.07, 6.45) is 0. The number of ether oxygens (including phenoxy) is 2. The molecular formula is C13H12NO2. The molecule has 3 heteroatoms. The molecule has 0 spiro atoms. The van der Waals surface area contributed by atoms with Crippen LogP contribution in [0.5, 0.6) is 11.8 Å². The first-order valence-electron chi connectivity index (χ1n) is 4.90. The Hall–Kier alpha value is -2.03. The van der Waals surface area contributed by atoms with Gasteiger partial charge in [-0.2, -0.15) is 4.98 Å². The summed E-state index contributed by atoms with van der Waals surface area (Å²) in [6.45, 7) is 0. The molecule has 3 nitrogen and oxygen atoms in total. The average Bonchev–Trinajstić information content (AvgIpc) is 2.39. The van der Waals surface area contributed by atoms with Gasteiger partial charge in [0.2, 0.25) is 11.8 Å². The van der Waals surface area contributed by atoms with Crippen molar-refractivity contribution in [1.82, 2.24) is 4.98 Å². The lowest BCUT2D eigenvalue weighted by Gasteiger charge is -2.08. The molecule has 0 amide bonds. The molecule has 0 aliphatic heterocycles. The van der Waals surface area contributed by atoms with Crippen LogP contribution in [-0.2, 0) is 0 Å². The average molecular weight is 214 g/mol. The molecule has 0 fully saturated rings. The molecule has 81 valence electrons. The van der Waals surface area contributed by atoms with Gasteiger partial charge in [0.25, 0.3) is 0 Å². The van der Waals surface area contributed by atoms with E-state index in [2.05, 4.69) is 11.1 Å². The Kier molecular flexibility index (Phi) is 3.05. The number of benzene rings is 1.